The molecule has 3 N–H and O–H groups in total. The zero-order chi connectivity index (χ0) is 14.5. The monoisotopic (exact) mass is 273 g/mol. The van der Waals surface area contributed by atoms with Crippen molar-refractivity contribution in [2.75, 3.05) is 32.8 Å². The van der Waals surface area contributed by atoms with E-state index in [2.05, 4.69) is 20.8 Å². The Morgan fingerprint density at radius 3 is 2.21 bits per heavy atom. The third kappa shape index (κ3) is 4.71. The molecule has 0 unspecified atom stereocenters. The highest BCUT2D eigenvalue weighted by Gasteiger charge is 2.43. The second kappa shape index (κ2) is 7.58. The van der Waals surface area contributed by atoms with Crippen molar-refractivity contribution in [3.63, 3.8) is 0 Å². The maximum Gasteiger partial charge on any atom is 0.0807 e. The van der Waals surface area contributed by atoms with Crippen LogP contribution >= 0.6 is 0 Å². The van der Waals surface area contributed by atoms with Crippen LogP contribution in [0.3, 0.4) is 0 Å². The Hall–Kier alpha value is -0.160. The summed E-state index contributed by atoms with van der Waals surface area (Å²) in [5, 5.41) is 29.3. The van der Waals surface area contributed by atoms with Crippen LogP contribution in [0.25, 0.3) is 0 Å². The molecule has 4 heteroatoms. The van der Waals surface area contributed by atoms with Crippen LogP contribution in [-0.4, -0.2) is 58.7 Å². The molecule has 4 nitrogen and oxygen atoms in total. The van der Waals surface area contributed by atoms with Gasteiger partial charge in [0.1, 0.15) is 0 Å². The van der Waals surface area contributed by atoms with Crippen molar-refractivity contribution in [1.29, 1.82) is 0 Å². The molecule has 1 saturated carbocycles. The molecular weight excluding hydrogens is 242 g/mol. The molecule has 0 aromatic heterocycles. The van der Waals surface area contributed by atoms with Gasteiger partial charge in [-0.1, -0.05) is 27.2 Å². The van der Waals surface area contributed by atoms with Gasteiger partial charge in [-0.15, -0.1) is 0 Å². The molecule has 0 heterocycles. The van der Waals surface area contributed by atoms with E-state index >= 15 is 0 Å². The standard InChI is InChI=1S/C15H31NO3/c1-12(2)14-5-4-13(3)10-15(14,19)11-16(6-8-17)7-9-18/h12-14,17-19H,4-11H2,1-3H3/t13-,14+,15-/m1/s1. The van der Waals surface area contributed by atoms with E-state index < -0.39 is 5.60 Å². The number of hydrogen-bond acceptors (Lipinski definition) is 4. The molecule has 1 aliphatic carbocycles. The predicted molar refractivity (Wildman–Crippen MR) is 76.9 cm³/mol. The first-order valence-corrected chi connectivity index (χ1v) is 7.59. The fraction of sp³-hybridized carbons (Fsp3) is 1.00. The summed E-state index contributed by atoms with van der Waals surface area (Å²) in [6.45, 7) is 8.27. The molecule has 1 rings (SSSR count). The number of nitrogens with zero attached hydrogens (tertiary/aromatic N) is 1. The maximum atomic E-state index is 11.1. The van der Waals surface area contributed by atoms with E-state index in [1.807, 2.05) is 4.90 Å². The van der Waals surface area contributed by atoms with Crippen molar-refractivity contribution in [3.8, 4) is 0 Å². The van der Waals surface area contributed by atoms with Gasteiger partial charge < -0.3 is 15.3 Å². The minimum absolute atomic E-state index is 0.0674. The van der Waals surface area contributed by atoms with Gasteiger partial charge in [-0.05, 0) is 30.6 Å². The Bertz CT molecular complexity index is 254. The van der Waals surface area contributed by atoms with Crippen LogP contribution < -0.4 is 0 Å². The Morgan fingerprint density at radius 2 is 1.74 bits per heavy atom. The van der Waals surface area contributed by atoms with Crippen molar-refractivity contribution >= 4 is 0 Å². The number of rotatable bonds is 7. The fourth-order valence-corrected chi connectivity index (χ4v) is 3.67. The molecular formula is C15H31NO3. The van der Waals surface area contributed by atoms with E-state index in [9.17, 15) is 5.11 Å². The average molecular weight is 273 g/mol. The summed E-state index contributed by atoms with van der Waals surface area (Å²) in [6.07, 6.45) is 3.08. The molecule has 3 atom stereocenters. The normalized spacial score (nSPS) is 32.2. The zero-order valence-electron chi connectivity index (χ0n) is 12.7. The van der Waals surface area contributed by atoms with Crippen LogP contribution in [0.4, 0.5) is 0 Å². The van der Waals surface area contributed by atoms with E-state index in [-0.39, 0.29) is 13.2 Å². The Balaban J connectivity index is 2.76. The number of hydrogen-bond donors (Lipinski definition) is 3. The Labute approximate surface area is 117 Å². The molecule has 0 aromatic carbocycles. The van der Waals surface area contributed by atoms with Crippen molar-refractivity contribution in [3.05, 3.63) is 0 Å². The summed E-state index contributed by atoms with van der Waals surface area (Å²) in [5.74, 6) is 1.32. The lowest BCUT2D eigenvalue weighted by atomic mass is 9.67. The van der Waals surface area contributed by atoms with Crippen LogP contribution in [0.2, 0.25) is 0 Å². The van der Waals surface area contributed by atoms with Crippen LogP contribution in [0, 0.1) is 17.8 Å². The molecule has 0 bridgehead atoms. The summed E-state index contributed by atoms with van der Waals surface area (Å²) in [5.41, 5.74) is -0.684. The molecule has 0 amide bonds. The van der Waals surface area contributed by atoms with Gasteiger partial charge in [0, 0.05) is 19.6 Å². The quantitative estimate of drug-likeness (QED) is 0.650. The highest BCUT2D eigenvalue weighted by Crippen LogP contribution is 2.41. The van der Waals surface area contributed by atoms with Gasteiger partial charge in [-0.2, -0.15) is 0 Å². The first-order valence-electron chi connectivity index (χ1n) is 7.59. The third-order valence-corrected chi connectivity index (χ3v) is 4.50. The summed E-state index contributed by atoms with van der Waals surface area (Å²) in [4.78, 5) is 1.98. The smallest absolute Gasteiger partial charge is 0.0807 e. The van der Waals surface area contributed by atoms with Gasteiger partial charge in [0.15, 0.2) is 0 Å². The van der Waals surface area contributed by atoms with Crippen LogP contribution in [-0.2, 0) is 0 Å². The molecule has 0 spiro atoms. The molecule has 0 aliphatic heterocycles. The summed E-state index contributed by atoms with van der Waals surface area (Å²) < 4.78 is 0. The van der Waals surface area contributed by atoms with Crippen LogP contribution in [0.15, 0.2) is 0 Å². The zero-order valence-corrected chi connectivity index (χ0v) is 12.7. The lowest BCUT2D eigenvalue weighted by molar-refractivity contribution is -0.101. The van der Waals surface area contributed by atoms with Crippen molar-refractivity contribution in [2.45, 2.75) is 45.6 Å². The minimum atomic E-state index is -0.684. The topological polar surface area (TPSA) is 63.9 Å². The van der Waals surface area contributed by atoms with Gasteiger partial charge in [0.2, 0.25) is 0 Å². The first kappa shape index (κ1) is 16.9. The lowest BCUT2D eigenvalue weighted by Gasteiger charge is -2.47. The maximum absolute atomic E-state index is 11.1. The lowest BCUT2D eigenvalue weighted by Crippen LogP contribution is -2.54. The second-order valence-corrected chi connectivity index (χ2v) is 6.56. The van der Waals surface area contributed by atoms with Crippen LogP contribution in [0.5, 0.6) is 0 Å². The fourth-order valence-electron chi connectivity index (χ4n) is 3.67. The summed E-state index contributed by atoms with van der Waals surface area (Å²) >= 11 is 0. The van der Waals surface area contributed by atoms with Gasteiger partial charge in [0.25, 0.3) is 0 Å². The molecule has 0 aromatic rings. The molecule has 19 heavy (non-hydrogen) atoms. The SMILES string of the molecule is CC(C)[C@@H]1CC[C@@H](C)C[C@@]1(O)CN(CCO)CCO. The van der Waals surface area contributed by atoms with Gasteiger partial charge in [-0.25, -0.2) is 0 Å². The highest BCUT2D eigenvalue weighted by atomic mass is 16.3. The van der Waals surface area contributed by atoms with Gasteiger partial charge >= 0.3 is 0 Å². The van der Waals surface area contributed by atoms with Crippen LogP contribution in [0.1, 0.15) is 40.0 Å². The Morgan fingerprint density at radius 1 is 1.16 bits per heavy atom. The van der Waals surface area contributed by atoms with Gasteiger partial charge in [0.05, 0.1) is 18.8 Å². The van der Waals surface area contributed by atoms with E-state index in [4.69, 9.17) is 10.2 Å². The van der Waals surface area contributed by atoms with E-state index in [1.165, 1.54) is 6.42 Å². The van der Waals surface area contributed by atoms with E-state index in [1.54, 1.807) is 0 Å². The van der Waals surface area contributed by atoms with Crippen molar-refractivity contribution in [2.24, 2.45) is 17.8 Å². The van der Waals surface area contributed by atoms with Crippen molar-refractivity contribution < 1.29 is 15.3 Å². The number of aliphatic hydroxyl groups is 3. The minimum Gasteiger partial charge on any atom is -0.395 e. The average Bonchev–Trinajstić information content (AvgIpc) is 2.28. The molecule has 1 fully saturated rings. The van der Waals surface area contributed by atoms with E-state index in [0.29, 0.717) is 37.4 Å². The molecule has 0 radical (unpaired) electrons. The molecule has 114 valence electrons. The Kier molecular flexibility index (Phi) is 6.74. The van der Waals surface area contributed by atoms with E-state index in [0.717, 1.165) is 12.8 Å². The number of aliphatic hydroxyl groups excluding tert-OH is 2. The first-order chi connectivity index (χ1) is 8.92. The molecule has 1 aliphatic rings. The van der Waals surface area contributed by atoms with Gasteiger partial charge in [-0.3, -0.25) is 4.90 Å². The summed E-state index contributed by atoms with van der Waals surface area (Å²) in [7, 11) is 0. The molecule has 0 saturated heterocycles. The summed E-state index contributed by atoms with van der Waals surface area (Å²) in [6, 6.07) is 0. The van der Waals surface area contributed by atoms with Crippen molar-refractivity contribution in [1.82, 2.24) is 4.90 Å². The third-order valence-electron chi connectivity index (χ3n) is 4.50. The highest BCUT2D eigenvalue weighted by molar-refractivity contribution is 4.95. The largest absolute Gasteiger partial charge is 0.395 e. The predicted octanol–water partition coefficient (Wildman–Crippen LogP) is 1.10. The second-order valence-electron chi connectivity index (χ2n) is 6.56.